The van der Waals surface area contributed by atoms with Gasteiger partial charge in [0.25, 0.3) is 0 Å². The topological polar surface area (TPSA) is 64.6 Å². The van der Waals surface area contributed by atoms with Crippen LogP contribution in [0.5, 0.6) is 0 Å². The first kappa shape index (κ1) is 25.8. The maximum Gasteiger partial charge on any atom is 0.340 e. The van der Waals surface area contributed by atoms with Gasteiger partial charge in [-0.25, -0.2) is 0 Å². The Balaban J connectivity index is 4.22. The number of carbonyl (C=O) groups excluding carboxylic acids is 1. The van der Waals surface area contributed by atoms with Gasteiger partial charge in [-0.3, -0.25) is 9.36 Å². The van der Waals surface area contributed by atoms with Gasteiger partial charge in [-0.2, -0.15) is 0 Å². The van der Waals surface area contributed by atoms with E-state index < -0.39 is 7.60 Å². The van der Waals surface area contributed by atoms with Crippen LogP contribution in [-0.2, 0) is 18.4 Å². The van der Waals surface area contributed by atoms with E-state index in [4.69, 9.17) is 9.05 Å². The molecule has 0 saturated carbocycles. The lowest BCUT2D eigenvalue weighted by Gasteiger charge is -2.16. The Morgan fingerprint density at radius 2 is 1.41 bits per heavy atom. The summed E-state index contributed by atoms with van der Waals surface area (Å²) in [6, 6.07) is 0. The molecule has 0 bridgehead atoms. The summed E-state index contributed by atoms with van der Waals surface area (Å²) in [7, 11) is -3.33. The Labute approximate surface area is 165 Å². The molecule has 0 aromatic rings. The number of allylic oxidation sites excluding steroid dienone is 5. The zero-order chi connectivity index (χ0) is 20.7. The number of nitrogens with one attached hydrogen (secondary N) is 1. The molecule has 0 aliphatic rings. The van der Waals surface area contributed by atoms with Crippen molar-refractivity contribution in [1.82, 2.24) is 5.32 Å². The van der Waals surface area contributed by atoms with Gasteiger partial charge in [0.1, 0.15) is 6.16 Å². The Hall–Kier alpha value is -1.16. The average molecular weight is 400 g/mol. The van der Waals surface area contributed by atoms with Crippen molar-refractivity contribution < 1.29 is 18.4 Å². The van der Waals surface area contributed by atoms with Crippen LogP contribution in [0.15, 0.2) is 34.9 Å². The van der Waals surface area contributed by atoms with E-state index >= 15 is 0 Å². The summed E-state index contributed by atoms with van der Waals surface area (Å²) in [5, 5.41) is 2.75. The standard InChI is InChI=1S/C21H38NO4P/c1-7-25-27(24,26-8-2)17-21(23)22-16-15-20(6)14-10-13-19(5)12-9-11-18(3)4/h11,13,15H,7-10,12,14,16-17H2,1-6H3,(H,22,23)/b19-13+,20-15+. The molecule has 156 valence electrons. The Morgan fingerprint density at radius 1 is 0.889 bits per heavy atom. The largest absolute Gasteiger partial charge is 0.352 e. The van der Waals surface area contributed by atoms with Gasteiger partial charge in [0.05, 0.1) is 13.2 Å². The summed E-state index contributed by atoms with van der Waals surface area (Å²) >= 11 is 0. The maximum atomic E-state index is 12.3. The van der Waals surface area contributed by atoms with Crippen LogP contribution in [0, 0.1) is 0 Å². The molecular formula is C21H38NO4P. The van der Waals surface area contributed by atoms with Crippen LogP contribution in [0.4, 0.5) is 0 Å². The number of amides is 1. The van der Waals surface area contributed by atoms with Crippen LogP contribution in [0.3, 0.4) is 0 Å². The fourth-order valence-corrected chi connectivity index (χ4v) is 3.94. The van der Waals surface area contributed by atoms with E-state index in [0.29, 0.717) is 6.54 Å². The summed E-state index contributed by atoms with van der Waals surface area (Å²) in [5.74, 6) is -0.320. The van der Waals surface area contributed by atoms with Crippen molar-refractivity contribution in [2.24, 2.45) is 0 Å². The number of rotatable bonds is 14. The molecule has 0 fully saturated rings. The molecule has 6 heteroatoms. The molecular weight excluding hydrogens is 361 g/mol. The fraction of sp³-hybridized carbons (Fsp3) is 0.667. The van der Waals surface area contributed by atoms with Gasteiger partial charge in [0.15, 0.2) is 0 Å². The first-order valence-corrected chi connectivity index (χ1v) is 11.5. The van der Waals surface area contributed by atoms with E-state index in [0.717, 1.165) is 25.7 Å². The SMILES string of the molecule is CCOP(=O)(CC(=O)NC/C=C(\C)CC/C=C(\C)CCC=C(C)C)OCC. The van der Waals surface area contributed by atoms with Crippen molar-refractivity contribution in [2.75, 3.05) is 25.9 Å². The van der Waals surface area contributed by atoms with E-state index in [2.05, 4.69) is 45.2 Å². The molecule has 0 radical (unpaired) electrons. The van der Waals surface area contributed by atoms with E-state index in [1.54, 1.807) is 13.8 Å². The minimum Gasteiger partial charge on any atom is -0.352 e. The zero-order valence-electron chi connectivity index (χ0n) is 18.0. The third-order valence-corrected chi connectivity index (χ3v) is 5.84. The summed E-state index contributed by atoms with van der Waals surface area (Å²) in [4.78, 5) is 12.0. The molecule has 0 spiro atoms. The molecule has 0 unspecified atom stereocenters. The van der Waals surface area contributed by atoms with Crippen LogP contribution in [0.2, 0.25) is 0 Å². The summed E-state index contributed by atoms with van der Waals surface area (Å²) in [5.41, 5.74) is 4.00. The van der Waals surface area contributed by atoms with E-state index in [-0.39, 0.29) is 25.3 Å². The molecule has 0 atom stereocenters. The summed E-state index contributed by atoms with van der Waals surface area (Å²) in [6.45, 7) is 12.9. The van der Waals surface area contributed by atoms with E-state index in [1.807, 2.05) is 6.08 Å². The highest BCUT2D eigenvalue weighted by Gasteiger charge is 2.27. The maximum absolute atomic E-state index is 12.3. The second kappa shape index (κ2) is 14.8. The van der Waals surface area contributed by atoms with Gasteiger partial charge in [0.2, 0.25) is 5.91 Å². The molecule has 1 N–H and O–H groups in total. The number of hydrogen-bond donors (Lipinski definition) is 1. The number of carbonyl (C=O) groups is 1. The van der Waals surface area contributed by atoms with E-state index in [9.17, 15) is 9.36 Å². The summed E-state index contributed by atoms with van der Waals surface area (Å²) < 4.78 is 22.6. The van der Waals surface area contributed by atoms with Gasteiger partial charge >= 0.3 is 7.60 Å². The highest BCUT2D eigenvalue weighted by atomic mass is 31.2. The average Bonchev–Trinajstić information content (AvgIpc) is 2.54. The molecule has 0 saturated heterocycles. The second-order valence-electron chi connectivity index (χ2n) is 6.87. The lowest BCUT2D eigenvalue weighted by molar-refractivity contribution is -0.118. The van der Waals surface area contributed by atoms with Crippen molar-refractivity contribution >= 4 is 13.5 Å². The minimum atomic E-state index is -3.33. The Morgan fingerprint density at radius 3 is 1.93 bits per heavy atom. The molecule has 0 aliphatic heterocycles. The van der Waals surface area contributed by atoms with Crippen LogP contribution in [-0.4, -0.2) is 31.8 Å². The first-order valence-electron chi connectivity index (χ1n) is 9.81. The van der Waals surface area contributed by atoms with Crippen molar-refractivity contribution in [3.63, 3.8) is 0 Å². The fourth-order valence-electron chi connectivity index (χ4n) is 2.43. The third kappa shape index (κ3) is 14.6. The Kier molecular flexibility index (Phi) is 14.2. The van der Waals surface area contributed by atoms with Crippen molar-refractivity contribution in [1.29, 1.82) is 0 Å². The molecule has 0 aromatic carbocycles. The van der Waals surface area contributed by atoms with Crippen LogP contribution < -0.4 is 5.32 Å². The van der Waals surface area contributed by atoms with Crippen molar-refractivity contribution in [3.8, 4) is 0 Å². The number of hydrogen-bond acceptors (Lipinski definition) is 4. The van der Waals surface area contributed by atoms with Crippen molar-refractivity contribution in [2.45, 2.75) is 67.2 Å². The van der Waals surface area contributed by atoms with Crippen LogP contribution in [0.25, 0.3) is 0 Å². The second-order valence-corrected chi connectivity index (χ2v) is 8.92. The van der Waals surface area contributed by atoms with Gasteiger partial charge in [-0.05, 0) is 67.2 Å². The van der Waals surface area contributed by atoms with Crippen LogP contribution in [0.1, 0.15) is 67.2 Å². The van der Waals surface area contributed by atoms with Crippen molar-refractivity contribution in [3.05, 3.63) is 34.9 Å². The molecule has 0 rings (SSSR count). The monoisotopic (exact) mass is 399 g/mol. The van der Waals surface area contributed by atoms with Gasteiger partial charge < -0.3 is 14.4 Å². The molecule has 0 aromatic heterocycles. The van der Waals surface area contributed by atoms with Gasteiger partial charge in [-0.15, -0.1) is 0 Å². The molecule has 0 aliphatic carbocycles. The first-order chi connectivity index (χ1) is 12.7. The zero-order valence-corrected chi connectivity index (χ0v) is 18.9. The lowest BCUT2D eigenvalue weighted by atomic mass is 10.1. The highest BCUT2D eigenvalue weighted by molar-refractivity contribution is 7.54. The Bertz CT molecular complexity index is 565. The third-order valence-electron chi connectivity index (χ3n) is 3.86. The minimum absolute atomic E-state index is 0.241. The highest BCUT2D eigenvalue weighted by Crippen LogP contribution is 2.47. The predicted octanol–water partition coefficient (Wildman–Crippen LogP) is 5.79. The lowest BCUT2D eigenvalue weighted by Crippen LogP contribution is -2.27. The van der Waals surface area contributed by atoms with E-state index in [1.165, 1.54) is 16.7 Å². The normalized spacial score (nSPS) is 12.8. The quantitative estimate of drug-likeness (QED) is 0.297. The summed E-state index contributed by atoms with van der Waals surface area (Å²) in [6.07, 6.45) is 10.5. The predicted molar refractivity (Wildman–Crippen MR) is 114 cm³/mol. The van der Waals surface area contributed by atoms with Crippen LogP contribution >= 0.6 is 7.60 Å². The smallest absolute Gasteiger partial charge is 0.340 e. The van der Waals surface area contributed by atoms with Gasteiger partial charge in [0, 0.05) is 6.54 Å². The molecule has 0 heterocycles. The molecule has 5 nitrogen and oxygen atoms in total. The molecule has 27 heavy (non-hydrogen) atoms. The van der Waals surface area contributed by atoms with Gasteiger partial charge in [-0.1, -0.05) is 34.9 Å². The molecule has 1 amide bonds.